The molecule has 0 saturated carbocycles. The van der Waals surface area contributed by atoms with Crippen LogP contribution in [-0.2, 0) is 5.88 Å². The lowest BCUT2D eigenvalue weighted by Gasteiger charge is -2.08. The Hall–Kier alpha value is -0.910. The van der Waals surface area contributed by atoms with Crippen LogP contribution < -0.4 is 4.74 Å². The van der Waals surface area contributed by atoms with E-state index in [2.05, 4.69) is 6.07 Å². The Morgan fingerprint density at radius 1 is 1.31 bits per heavy atom. The molecule has 4 heteroatoms. The molecule has 0 atom stereocenters. The van der Waals surface area contributed by atoms with E-state index in [4.69, 9.17) is 33.2 Å². The topological polar surface area (TPSA) is 33.0 Å². The number of hydrogen-bond donors (Lipinski definition) is 0. The number of nitriles is 1. The number of unbranched alkanes of at least 4 members (excludes halogenated alkanes) is 2. The fraction of sp³-hybridized carbons (Fsp3) is 0.417. The Balaban J connectivity index is 2.40. The molecule has 0 bridgehead atoms. The highest BCUT2D eigenvalue weighted by Crippen LogP contribution is 2.26. The second-order valence-corrected chi connectivity index (χ2v) is 4.04. The summed E-state index contributed by atoms with van der Waals surface area (Å²) in [5.41, 5.74) is 0.975. The highest BCUT2D eigenvalue weighted by Gasteiger charge is 2.02. The number of benzene rings is 1. The third kappa shape index (κ3) is 4.30. The van der Waals surface area contributed by atoms with E-state index in [1.165, 1.54) is 0 Å². The monoisotopic (exact) mass is 257 g/mol. The van der Waals surface area contributed by atoms with Gasteiger partial charge in [-0.1, -0.05) is 17.7 Å². The first-order valence-electron chi connectivity index (χ1n) is 5.12. The van der Waals surface area contributed by atoms with Gasteiger partial charge in [0, 0.05) is 12.3 Å². The van der Waals surface area contributed by atoms with Crippen molar-refractivity contribution in [1.29, 1.82) is 5.26 Å². The third-order valence-corrected chi connectivity index (χ3v) is 2.70. The van der Waals surface area contributed by atoms with Crippen molar-refractivity contribution in [1.82, 2.24) is 0 Å². The van der Waals surface area contributed by atoms with Crippen LogP contribution >= 0.6 is 23.2 Å². The van der Waals surface area contributed by atoms with E-state index in [1.807, 2.05) is 12.1 Å². The van der Waals surface area contributed by atoms with Crippen LogP contribution in [-0.4, -0.2) is 6.61 Å². The summed E-state index contributed by atoms with van der Waals surface area (Å²) in [5, 5.41) is 8.94. The summed E-state index contributed by atoms with van der Waals surface area (Å²) in [6.45, 7) is 0.585. The van der Waals surface area contributed by atoms with Crippen LogP contribution in [0, 0.1) is 11.3 Å². The van der Waals surface area contributed by atoms with Crippen molar-refractivity contribution in [3.63, 3.8) is 0 Å². The average molecular weight is 258 g/mol. The molecule has 0 amide bonds. The maximum absolute atomic E-state index is 8.36. The molecule has 2 nitrogen and oxygen atoms in total. The van der Waals surface area contributed by atoms with Gasteiger partial charge in [0.25, 0.3) is 0 Å². The van der Waals surface area contributed by atoms with Crippen molar-refractivity contribution < 1.29 is 4.74 Å². The molecule has 0 saturated heterocycles. The zero-order valence-corrected chi connectivity index (χ0v) is 10.4. The number of rotatable bonds is 6. The summed E-state index contributed by atoms with van der Waals surface area (Å²) in [4.78, 5) is 0. The predicted octanol–water partition coefficient (Wildman–Crippen LogP) is 4.15. The van der Waals surface area contributed by atoms with Gasteiger partial charge >= 0.3 is 0 Å². The Kier molecular flexibility index (Phi) is 6.07. The van der Waals surface area contributed by atoms with Gasteiger partial charge < -0.3 is 4.74 Å². The maximum Gasteiger partial charge on any atom is 0.137 e. The molecular weight excluding hydrogens is 245 g/mol. The van der Waals surface area contributed by atoms with Gasteiger partial charge in [-0.3, -0.25) is 0 Å². The molecule has 0 aliphatic rings. The summed E-state index contributed by atoms with van der Waals surface area (Å²) in [7, 11) is 0. The average Bonchev–Trinajstić information content (AvgIpc) is 2.30. The molecule has 0 fully saturated rings. The second kappa shape index (κ2) is 7.38. The van der Waals surface area contributed by atoms with Gasteiger partial charge in [0.1, 0.15) is 5.75 Å². The zero-order valence-electron chi connectivity index (χ0n) is 8.88. The molecule has 0 aromatic heterocycles. The van der Waals surface area contributed by atoms with Crippen LogP contribution in [0.25, 0.3) is 0 Å². The predicted molar refractivity (Wildman–Crippen MR) is 66.0 cm³/mol. The van der Waals surface area contributed by atoms with Crippen molar-refractivity contribution in [2.45, 2.75) is 25.1 Å². The van der Waals surface area contributed by atoms with Gasteiger partial charge in [-0.15, -0.1) is 11.6 Å². The maximum atomic E-state index is 8.36. The molecule has 1 aromatic carbocycles. The van der Waals surface area contributed by atoms with Gasteiger partial charge in [0.05, 0.1) is 17.7 Å². The fourth-order valence-corrected chi connectivity index (χ4v) is 1.66. The SMILES string of the molecule is N#CCCCCOc1ccc(CCl)cc1Cl. The number of alkyl halides is 1. The summed E-state index contributed by atoms with van der Waals surface area (Å²) in [6.07, 6.45) is 2.29. The largest absolute Gasteiger partial charge is 0.492 e. The zero-order chi connectivity index (χ0) is 11.8. The van der Waals surface area contributed by atoms with Crippen molar-refractivity contribution in [2.75, 3.05) is 6.61 Å². The quantitative estimate of drug-likeness (QED) is 0.567. The molecule has 1 rings (SSSR count). The van der Waals surface area contributed by atoms with Crippen molar-refractivity contribution in [2.24, 2.45) is 0 Å². The van der Waals surface area contributed by atoms with Crippen molar-refractivity contribution in [3.05, 3.63) is 28.8 Å². The molecule has 0 unspecified atom stereocenters. The van der Waals surface area contributed by atoms with Crippen LogP contribution in [0.5, 0.6) is 5.75 Å². The van der Waals surface area contributed by atoms with Gasteiger partial charge in [0.2, 0.25) is 0 Å². The van der Waals surface area contributed by atoms with Crippen LogP contribution in [0.15, 0.2) is 18.2 Å². The van der Waals surface area contributed by atoms with Gasteiger partial charge in [-0.2, -0.15) is 5.26 Å². The lowest BCUT2D eigenvalue weighted by Crippen LogP contribution is -1.97. The van der Waals surface area contributed by atoms with Gasteiger partial charge in [-0.05, 0) is 30.5 Å². The van der Waals surface area contributed by atoms with E-state index < -0.39 is 0 Å². The highest BCUT2D eigenvalue weighted by atomic mass is 35.5. The summed E-state index contributed by atoms with van der Waals surface area (Å²) in [6, 6.07) is 7.62. The standard InChI is InChI=1S/C12H13Cl2NO/c13-9-10-4-5-12(11(14)8-10)16-7-3-1-2-6-15/h4-5,8H,1-3,7,9H2. The second-order valence-electron chi connectivity index (χ2n) is 3.36. The first kappa shape index (κ1) is 13.2. The van der Waals surface area contributed by atoms with E-state index in [0.717, 1.165) is 18.4 Å². The molecule has 1 aromatic rings. The van der Waals surface area contributed by atoms with E-state index >= 15 is 0 Å². The number of hydrogen-bond acceptors (Lipinski definition) is 2. The minimum Gasteiger partial charge on any atom is -0.492 e. The normalized spacial score (nSPS) is 9.81. The van der Waals surface area contributed by atoms with Crippen molar-refractivity contribution in [3.8, 4) is 11.8 Å². The minimum atomic E-state index is 0.447. The van der Waals surface area contributed by atoms with Gasteiger partial charge in [-0.25, -0.2) is 0 Å². The summed E-state index contributed by atoms with van der Waals surface area (Å²) in [5.74, 6) is 1.12. The first-order valence-corrected chi connectivity index (χ1v) is 6.03. The molecule has 16 heavy (non-hydrogen) atoms. The van der Waals surface area contributed by atoms with E-state index in [9.17, 15) is 0 Å². The molecule has 0 aliphatic heterocycles. The lowest BCUT2D eigenvalue weighted by molar-refractivity contribution is 0.307. The fourth-order valence-electron chi connectivity index (χ4n) is 1.23. The summed E-state index contributed by atoms with van der Waals surface area (Å²) < 4.78 is 5.50. The molecule has 86 valence electrons. The third-order valence-electron chi connectivity index (χ3n) is 2.09. The number of halogens is 2. The first-order chi connectivity index (χ1) is 7.77. The Bertz CT molecular complexity index is 374. The number of nitrogens with zero attached hydrogens (tertiary/aromatic N) is 1. The lowest BCUT2D eigenvalue weighted by atomic mass is 10.2. The molecule has 0 radical (unpaired) electrons. The minimum absolute atomic E-state index is 0.447. The van der Waals surface area contributed by atoms with Crippen molar-refractivity contribution >= 4 is 23.2 Å². The van der Waals surface area contributed by atoms with Crippen LogP contribution in [0.3, 0.4) is 0 Å². The van der Waals surface area contributed by atoms with Crippen LogP contribution in [0.2, 0.25) is 5.02 Å². The number of ether oxygens (including phenoxy) is 1. The smallest absolute Gasteiger partial charge is 0.137 e. The van der Waals surface area contributed by atoms with Gasteiger partial charge in [0.15, 0.2) is 0 Å². The van der Waals surface area contributed by atoms with Crippen LogP contribution in [0.4, 0.5) is 0 Å². The molecule has 0 N–H and O–H groups in total. The Morgan fingerprint density at radius 2 is 2.12 bits per heavy atom. The molecule has 0 spiro atoms. The van der Waals surface area contributed by atoms with E-state index in [-0.39, 0.29) is 0 Å². The Morgan fingerprint density at radius 3 is 2.75 bits per heavy atom. The molecular formula is C12H13Cl2NO. The highest BCUT2D eigenvalue weighted by molar-refractivity contribution is 6.32. The summed E-state index contributed by atoms with van der Waals surface area (Å²) >= 11 is 11.7. The van der Waals surface area contributed by atoms with Crippen LogP contribution in [0.1, 0.15) is 24.8 Å². The van der Waals surface area contributed by atoms with E-state index in [1.54, 1.807) is 6.07 Å². The Labute approximate surface area is 106 Å². The molecule has 0 heterocycles. The molecule has 0 aliphatic carbocycles. The van der Waals surface area contributed by atoms with E-state index in [0.29, 0.717) is 29.7 Å².